The van der Waals surface area contributed by atoms with Crippen LogP contribution in [0.4, 0.5) is 15.9 Å². The molecule has 1 aromatic heterocycles. The van der Waals surface area contributed by atoms with Gasteiger partial charge < -0.3 is 24.3 Å². The van der Waals surface area contributed by atoms with Crippen LogP contribution in [0.3, 0.4) is 0 Å². The van der Waals surface area contributed by atoms with E-state index < -0.39 is 23.2 Å². The van der Waals surface area contributed by atoms with Crippen molar-refractivity contribution in [3.8, 4) is 6.07 Å². The van der Waals surface area contributed by atoms with Crippen molar-refractivity contribution in [3.63, 3.8) is 0 Å². The van der Waals surface area contributed by atoms with E-state index in [1.54, 1.807) is 0 Å². The topological polar surface area (TPSA) is 97.9 Å². The number of carbonyl (C=O) groups is 1. The molecular formula is C34H37ClFN7O3. The van der Waals surface area contributed by atoms with Gasteiger partial charge in [-0.1, -0.05) is 42.4 Å². The molecule has 2 atom stereocenters. The Morgan fingerprint density at radius 3 is 2.63 bits per heavy atom. The van der Waals surface area contributed by atoms with Crippen LogP contribution in [-0.2, 0) is 28.0 Å². The van der Waals surface area contributed by atoms with Crippen LogP contribution in [0, 0.1) is 11.3 Å². The first-order chi connectivity index (χ1) is 22.2. The van der Waals surface area contributed by atoms with Gasteiger partial charge in [0.2, 0.25) is 0 Å². The number of aromatic nitrogens is 2. The average molecular weight is 646 g/mol. The van der Waals surface area contributed by atoms with E-state index >= 15 is 0 Å². The van der Waals surface area contributed by atoms with Crippen LogP contribution >= 0.6 is 11.6 Å². The summed E-state index contributed by atoms with van der Waals surface area (Å²) in [7, 11) is 2.10. The third-order valence-corrected chi connectivity index (χ3v) is 10.5. The van der Waals surface area contributed by atoms with Crippen LogP contribution in [0.15, 0.2) is 53.6 Å². The molecule has 3 saturated heterocycles. The summed E-state index contributed by atoms with van der Waals surface area (Å²) in [6, 6.07) is 13.9. The summed E-state index contributed by atoms with van der Waals surface area (Å²) >= 11 is 6.80. The van der Waals surface area contributed by atoms with Crippen molar-refractivity contribution in [2.75, 3.05) is 62.8 Å². The normalized spacial score (nSPS) is 22.5. The van der Waals surface area contributed by atoms with Crippen LogP contribution in [-0.4, -0.2) is 90.3 Å². The maximum absolute atomic E-state index is 14.1. The van der Waals surface area contributed by atoms with Gasteiger partial charge in [0.1, 0.15) is 5.82 Å². The number of amides is 1. The van der Waals surface area contributed by atoms with Crippen LogP contribution in [0.5, 0.6) is 0 Å². The molecule has 4 aliphatic heterocycles. The number of ether oxygens (including phenoxy) is 1. The molecule has 0 saturated carbocycles. The van der Waals surface area contributed by atoms with Crippen molar-refractivity contribution >= 4 is 39.8 Å². The van der Waals surface area contributed by atoms with E-state index in [-0.39, 0.29) is 31.2 Å². The third kappa shape index (κ3) is 5.13. The van der Waals surface area contributed by atoms with Gasteiger partial charge >= 0.3 is 5.69 Å². The molecule has 10 nitrogen and oxygen atoms in total. The van der Waals surface area contributed by atoms with Crippen molar-refractivity contribution in [3.05, 3.63) is 75.6 Å². The molecule has 1 amide bonds. The maximum Gasteiger partial charge on any atom is 0.349 e. The first-order valence-corrected chi connectivity index (χ1v) is 16.2. The summed E-state index contributed by atoms with van der Waals surface area (Å²) in [5.41, 5.74) is 2.13. The summed E-state index contributed by atoms with van der Waals surface area (Å²) in [5, 5.41) is 12.3. The van der Waals surface area contributed by atoms with Crippen molar-refractivity contribution in [2.24, 2.45) is 0 Å². The molecule has 0 unspecified atom stereocenters. The molecule has 12 heteroatoms. The summed E-state index contributed by atoms with van der Waals surface area (Å²) < 4.78 is 21.7. The minimum Gasteiger partial charge on any atom is -0.379 e. The second-order valence-corrected chi connectivity index (χ2v) is 13.4. The zero-order valence-corrected chi connectivity index (χ0v) is 26.7. The predicted molar refractivity (Wildman–Crippen MR) is 175 cm³/mol. The van der Waals surface area contributed by atoms with Gasteiger partial charge in [0, 0.05) is 61.1 Å². The molecule has 46 heavy (non-hydrogen) atoms. The second-order valence-electron chi connectivity index (χ2n) is 13.0. The van der Waals surface area contributed by atoms with Gasteiger partial charge in [-0.3, -0.25) is 9.36 Å². The van der Waals surface area contributed by atoms with Crippen molar-refractivity contribution in [1.29, 1.82) is 5.26 Å². The van der Waals surface area contributed by atoms with Gasteiger partial charge in [-0.25, -0.2) is 9.18 Å². The number of nitriles is 1. The lowest BCUT2D eigenvalue weighted by molar-refractivity contribution is -0.131. The summed E-state index contributed by atoms with van der Waals surface area (Å²) in [6.07, 6.45) is 2.10. The number of likely N-dealkylation sites (N-methyl/N-ethyl adjacent to an activating group) is 1. The van der Waals surface area contributed by atoms with Gasteiger partial charge in [0.05, 0.1) is 48.7 Å². The van der Waals surface area contributed by atoms with Crippen molar-refractivity contribution in [1.82, 2.24) is 19.4 Å². The molecule has 240 valence electrons. The number of carbonyl (C=O) groups excluding carboxylic acids is 1. The highest BCUT2D eigenvalue weighted by molar-refractivity contribution is 6.36. The molecule has 3 fully saturated rings. The molecule has 0 aliphatic carbocycles. The Morgan fingerprint density at radius 1 is 1.17 bits per heavy atom. The molecule has 5 heterocycles. The summed E-state index contributed by atoms with van der Waals surface area (Å²) in [6.45, 7) is 7.53. The number of anilines is 2. The van der Waals surface area contributed by atoms with Crippen LogP contribution in [0.1, 0.15) is 30.5 Å². The average Bonchev–Trinajstić information content (AvgIpc) is 3.44. The first-order valence-electron chi connectivity index (χ1n) is 15.8. The molecular weight excluding hydrogens is 609 g/mol. The van der Waals surface area contributed by atoms with E-state index in [0.29, 0.717) is 50.2 Å². The molecule has 2 aromatic carbocycles. The summed E-state index contributed by atoms with van der Waals surface area (Å²) in [4.78, 5) is 39.5. The van der Waals surface area contributed by atoms with E-state index in [9.17, 15) is 19.2 Å². The van der Waals surface area contributed by atoms with Crippen molar-refractivity contribution < 1.29 is 13.9 Å². The lowest BCUT2D eigenvalue weighted by Crippen LogP contribution is -2.61. The van der Waals surface area contributed by atoms with E-state index in [2.05, 4.69) is 47.7 Å². The monoisotopic (exact) mass is 645 g/mol. The number of hydrogen-bond acceptors (Lipinski definition) is 8. The minimum atomic E-state index is -1.05. The highest BCUT2D eigenvalue weighted by Gasteiger charge is 2.51. The van der Waals surface area contributed by atoms with E-state index in [0.717, 1.165) is 47.1 Å². The lowest BCUT2D eigenvalue weighted by Gasteiger charge is -2.52. The molecule has 0 N–H and O–H groups in total. The largest absolute Gasteiger partial charge is 0.379 e. The predicted octanol–water partition coefficient (Wildman–Crippen LogP) is 3.85. The van der Waals surface area contributed by atoms with Gasteiger partial charge in [0.15, 0.2) is 5.83 Å². The van der Waals surface area contributed by atoms with E-state index in [4.69, 9.17) is 21.3 Å². The number of piperazine rings is 1. The number of hydrogen-bond donors (Lipinski definition) is 0. The molecule has 1 spiro atoms. The Labute approximate surface area is 272 Å². The molecule has 7 rings (SSSR count). The number of benzene rings is 2. The van der Waals surface area contributed by atoms with Crippen molar-refractivity contribution in [2.45, 2.75) is 49.9 Å². The Kier molecular flexibility index (Phi) is 7.99. The zero-order valence-electron chi connectivity index (χ0n) is 25.9. The third-order valence-electron chi connectivity index (χ3n) is 10.2. The smallest absolute Gasteiger partial charge is 0.349 e. The summed E-state index contributed by atoms with van der Waals surface area (Å²) in [5.74, 6) is -1.28. The fourth-order valence-electron chi connectivity index (χ4n) is 7.86. The number of fused-ring (bicyclic) bond motifs is 3. The first kappa shape index (κ1) is 30.7. The van der Waals surface area contributed by atoms with Crippen LogP contribution in [0.2, 0.25) is 5.02 Å². The standard InChI is InChI=1S/C34H37ClFN7O3/c1-22(36)32(44)42-15-14-40(16-25(42)11-12-37)31-30-28(43(33(45)38-31)17-24-8-5-13-39(24)2)18-41(19-34(30)20-46-21-34)27-10-4-7-23-6-3-9-26(35)29(23)27/h3-4,6-7,9-10,24-25H,1,5,8,11,13-21H2,2H3/t24-,25-/m0/s1. The molecule has 0 radical (unpaired) electrons. The molecule has 4 aliphatic rings. The lowest BCUT2D eigenvalue weighted by atomic mass is 9.74. The minimum absolute atomic E-state index is 0.0205. The number of nitrogens with zero attached hydrogens (tertiary/aromatic N) is 7. The second kappa shape index (κ2) is 12.0. The Balaban J connectivity index is 1.36. The van der Waals surface area contributed by atoms with Gasteiger partial charge in [-0.05, 0) is 44.0 Å². The van der Waals surface area contributed by atoms with Gasteiger partial charge in [0.25, 0.3) is 5.91 Å². The van der Waals surface area contributed by atoms with E-state index in [1.165, 1.54) is 4.90 Å². The van der Waals surface area contributed by atoms with Gasteiger partial charge in [-0.15, -0.1) is 0 Å². The van der Waals surface area contributed by atoms with Gasteiger partial charge in [-0.2, -0.15) is 10.2 Å². The quantitative estimate of drug-likeness (QED) is 0.373. The SMILES string of the molecule is C=C(F)C(=O)N1CCN(c2nc(=O)n(C[C@@H]3CCCN3C)c3c2C2(COC2)CN(c2cccc4cccc(Cl)c24)C3)C[C@@H]1CC#N. The molecule has 3 aromatic rings. The Hall–Kier alpha value is -3.98. The fourth-order valence-corrected chi connectivity index (χ4v) is 8.14. The number of halogens is 2. The zero-order chi connectivity index (χ0) is 32.2. The fraction of sp³-hybridized carbons (Fsp3) is 0.471. The molecule has 0 bridgehead atoms. The Bertz CT molecular complexity index is 1810. The highest BCUT2D eigenvalue weighted by Crippen LogP contribution is 2.46. The number of likely N-dealkylation sites (tertiary alicyclic amines) is 1. The highest BCUT2D eigenvalue weighted by atomic mass is 35.5. The van der Waals surface area contributed by atoms with Crippen LogP contribution in [0.25, 0.3) is 10.8 Å². The van der Waals surface area contributed by atoms with Crippen LogP contribution < -0.4 is 15.5 Å². The Morgan fingerprint density at radius 2 is 1.96 bits per heavy atom. The van der Waals surface area contributed by atoms with E-state index in [1.807, 2.05) is 27.7 Å². The number of rotatable bonds is 6. The maximum atomic E-state index is 14.1.